The average molecular weight is 803 g/mol. The molecule has 5 rings (SSSR count). The van der Waals surface area contributed by atoms with Gasteiger partial charge in [-0.2, -0.15) is 0 Å². The Kier molecular flexibility index (Phi) is 15.6. The zero-order valence-electron chi connectivity index (χ0n) is 31.4. The highest BCUT2D eigenvalue weighted by molar-refractivity contribution is 8.48. The molecule has 4 amide bonds. The van der Waals surface area contributed by atoms with E-state index in [4.69, 9.17) is 4.74 Å². The maximum Gasteiger partial charge on any atom is 0.407 e. The summed E-state index contributed by atoms with van der Waals surface area (Å²) in [5.41, 5.74) is 1.91. The number of benzene rings is 2. The number of hydrogen-bond donors (Lipinski definition) is 4. The van der Waals surface area contributed by atoms with Crippen molar-refractivity contribution < 1.29 is 36.9 Å². The van der Waals surface area contributed by atoms with Gasteiger partial charge in [0, 0.05) is 31.6 Å². The number of H-pyrrole nitrogens is 1. The highest BCUT2D eigenvalue weighted by atomic mass is 32.7. The first-order valence-electron chi connectivity index (χ1n) is 18.1. The summed E-state index contributed by atoms with van der Waals surface area (Å²) in [7, 11) is -2.23. The fourth-order valence-electron chi connectivity index (χ4n) is 5.55. The molecule has 2 saturated heterocycles. The van der Waals surface area contributed by atoms with Crippen molar-refractivity contribution in [1.82, 2.24) is 30.2 Å². The molecule has 4 unspecified atom stereocenters. The summed E-state index contributed by atoms with van der Waals surface area (Å²) in [4.78, 5) is 72.3. The molecular weight excluding hydrogens is 753 g/mol. The van der Waals surface area contributed by atoms with E-state index in [9.17, 15) is 37.0 Å². The number of rotatable bonds is 15. The first-order valence-corrected chi connectivity index (χ1v) is 21.6. The lowest BCUT2D eigenvalue weighted by Gasteiger charge is -2.28. The normalized spacial score (nSPS) is 17.0. The second-order valence-corrected chi connectivity index (χ2v) is 19.2. The average Bonchev–Trinajstić information content (AvgIpc) is 3.89. The van der Waals surface area contributed by atoms with Gasteiger partial charge in [-0.25, -0.2) is 22.8 Å². The molecule has 0 saturated carbocycles. The van der Waals surface area contributed by atoms with Gasteiger partial charge in [0.2, 0.25) is 11.8 Å². The number of aromatic nitrogens is 2. The molecule has 0 spiro atoms. The minimum absolute atomic E-state index is 0.0819. The number of halogens is 2. The molecule has 0 bridgehead atoms. The van der Waals surface area contributed by atoms with Gasteiger partial charge < -0.3 is 25.3 Å². The Morgan fingerprint density at radius 3 is 2.53 bits per heavy atom. The molecular formula is C38H49F2N6O7PS. The fraction of sp³-hybridized carbons (Fsp3) is 0.474. The molecule has 3 heterocycles. The number of likely N-dealkylation sites (tertiary alicyclic amines) is 1. The van der Waals surface area contributed by atoms with E-state index in [-0.39, 0.29) is 18.7 Å². The zero-order chi connectivity index (χ0) is 40.3. The van der Waals surface area contributed by atoms with Crippen molar-refractivity contribution in [3.8, 4) is 11.3 Å². The number of fused-ring (bicyclic) bond motifs is 1. The van der Waals surface area contributed by atoms with Gasteiger partial charge in [-0.15, -0.1) is 6.58 Å². The molecule has 2 aliphatic heterocycles. The molecule has 298 valence electrons. The number of carbonyl (C=O) groups excluding carboxylic acids is 4. The number of hydrogen-bond acceptors (Lipinski definition) is 8. The second-order valence-electron chi connectivity index (χ2n) is 14.1. The molecule has 0 radical (unpaired) electrons. The van der Waals surface area contributed by atoms with Crippen LogP contribution in [0.5, 0.6) is 0 Å². The van der Waals surface area contributed by atoms with Crippen LogP contribution in [0.1, 0.15) is 52.5 Å². The minimum atomic E-state index is -3.40. The molecule has 3 aromatic rings. The fourth-order valence-corrected chi connectivity index (χ4v) is 9.02. The molecule has 13 nitrogen and oxygen atoms in total. The van der Waals surface area contributed by atoms with Crippen molar-refractivity contribution in [2.45, 2.75) is 71.4 Å². The number of alkyl halides is 2. The first-order chi connectivity index (χ1) is 26.1. The van der Waals surface area contributed by atoms with Crippen LogP contribution < -0.4 is 20.9 Å². The highest BCUT2D eigenvalue weighted by Gasteiger charge is 2.38. The van der Waals surface area contributed by atoms with Crippen molar-refractivity contribution in [2.75, 3.05) is 32.0 Å². The maximum atomic E-state index is 14.7. The van der Waals surface area contributed by atoms with Crippen LogP contribution in [0.15, 0.2) is 66.0 Å². The highest BCUT2D eigenvalue weighted by Crippen LogP contribution is 2.53. The van der Waals surface area contributed by atoms with Crippen LogP contribution >= 0.6 is 7.12 Å². The SMILES string of the molecule is C=CC(C)C(NC(=O)C1CCCN1C(=O)CNC(=O)OCC(F)(F)CCc1cccc(-c2nc3ccccc3[nH]c2=O)c1)C(=O)NS(=O)P1CC1.CC(C)C. The number of para-hydroxylation sites is 2. The van der Waals surface area contributed by atoms with Gasteiger partial charge in [-0.05, 0) is 61.3 Å². The van der Waals surface area contributed by atoms with E-state index in [2.05, 4.69) is 52.7 Å². The van der Waals surface area contributed by atoms with E-state index in [0.717, 1.165) is 18.2 Å². The summed E-state index contributed by atoms with van der Waals surface area (Å²) in [6.07, 6.45) is 1.93. The van der Waals surface area contributed by atoms with Crippen LogP contribution in [0, 0.1) is 11.8 Å². The summed E-state index contributed by atoms with van der Waals surface area (Å²) in [6, 6.07) is 11.6. The Labute approximate surface area is 322 Å². The number of ether oxygens (including phenoxy) is 1. The van der Waals surface area contributed by atoms with Crippen molar-refractivity contribution in [2.24, 2.45) is 11.8 Å². The largest absolute Gasteiger partial charge is 0.443 e. The zero-order valence-corrected chi connectivity index (χ0v) is 33.2. The van der Waals surface area contributed by atoms with Crippen molar-refractivity contribution >= 4 is 52.6 Å². The standard InChI is InChI=1S/C34H39F2N6O7PS.C4H10/c1-3-21(2)28(32(46)41-51(48)50-16-17-50)40-30(44)26-12-7-15-42(26)27(43)19-37-33(47)49-20-34(35,36)14-13-22-8-6-9-23(18-22)29-31(45)39-25-11-5-4-10-24(25)38-29;1-4(2)3/h3-6,8-11,18,21,26,28H,1,7,12-17,19-20H2,2H3,(H,37,47)(H,39,45)(H,40,44)(H,41,46);4H,1-3H3. The van der Waals surface area contributed by atoms with Crippen molar-refractivity contribution in [3.05, 3.63) is 77.1 Å². The first kappa shape index (κ1) is 43.2. The van der Waals surface area contributed by atoms with Gasteiger partial charge in [0.15, 0.2) is 6.61 Å². The van der Waals surface area contributed by atoms with E-state index >= 15 is 0 Å². The van der Waals surface area contributed by atoms with Gasteiger partial charge in [0.1, 0.15) is 34.9 Å². The van der Waals surface area contributed by atoms with Crippen LogP contribution in [0.4, 0.5) is 13.6 Å². The monoisotopic (exact) mass is 802 g/mol. The summed E-state index contributed by atoms with van der Waals surface area (Å²) in [5, 5.41) is 4.81. The van der Waals surface area contributed by atoms with Gasteiger partial charge in [0.25, 0.3) is 17.4 Å². The topological polar surface area (TPSA) is 180 Å². The third-order valence-corrected chi connectivity index (χ3v) is 13.0. The molecule has 2 aromatic carbocycles. The Hall–Kier alpha value is -4.56. The predicted octanol–water partition coefficient (Wildman–Crippen LogP) is 5.03. The minimum Gasteiger partial charge on any atom is -0.443 e. The van der Waals surface area contributed by atoms with Crippen LogP contribution in [0.2, 0.25) is 0 Å². The van der Waals surface area contributed by atoms with Gasteiger partial charge >= 0.3 is 6.09 Å². The third-order valence-electron chi connectivity index (χ3n) is 8.56. The molecule has 2 aliphatic rings. The molecule has 2 fully saturated rings. The number of nitrogens with zero attached hydrogens (tertiary/aromatic N) is 2. The Morgan fingerprint density at radius 2 is 1.84 bits per heavy atom. The number of aromatic amines is 1. The summed E-state index contributed by atoms with van der Waals surface area (Å²) >= 11 is 0. The Bertz CT molecular complexity index is 1940. The molecule has 4 atom stereocenters. The summed E-state index contributed by atoms with van der Waals surface area (Å²) in [6.45, 7) is 10.2. The van der Waals surface area contributed by atoms with Crippen LogP contribution in [-0.2, 0) is 36.1 Å². The lowest BCUT2D eigenvalue weighted by molar-refractivity contribution is -0.139. The molecule has 1 aromatic heterocycles. The van der Waals surface area contributed by atoms with E-state index < -0.39 is 90.6 Å². The second kappa shape index (κ2) is 19.9. The predicted molar refractivity (Wildman–Crippen MR) is 210 cm³/mol. The van der Waals surface area contributed by atoms with E-state index in [1.54, 1.807) is 55.5 Å². The Balaban J connectivity index is 0.00000160. The number of amides is 4. The van der Waals surface area contributed by atoms with E-state index in [1.165, 1.54) is 11.0 Å². The number of nitrogens with one attached hydrogen (secondary N) is 4. The molecule has 17 heteroatoms. The van der Waals surface area contributed by atoms with Crippen molar-refractivity contribution in [3.63, 3.8) is 0 Å². The molecule has 4 N–H and O–H groups in total. The number of aryl methyl sites for hydroxylation is 1. The third kappa shape index (κ3) is 13.0. The smallest absolute Gasteiger partial charge is 0.407 e. The van der Waals surface area contributed by atoms with Gasteiger partial charge in [0.05, 0.1) is 11.0 Å². The molecule has 0 aliphatic carbocycles. The van der Waals surface area contributed by atoms with Crippen molar-refractivity contribution in [1.29, 1.82) is 0 Å². The van der Waals surface area contributed by atoms with Crippen LogP contribution in [-0.4, -0.2) is 92.9 Å². The number of carbonyl (C=O) groups is 4. The lowest BCUT2D eigenvalue weighted by Crippen LogP contribution is -2.55. The summed E-state index contributed by atoms with van der Waals surface area (Å²) in [5.74, 6) is -4.89. The maximum absolute atomic E-state index is 14.7. The van der Waals surface area contributed by atoms with Gasteiger partial charge in [-0.3, -0.25) is 23.9 Å². The lowest BCUT2D eigenvalue weighted by atomic mass is 10.0. The van der Waals surface area contributed by atoms with E-state index in [1.807, 2.05) is 0 Å². The molecule has 55 heavy (non-hydrogen) atoms. The van der Waals surface area contributed by atoms with Gasteiger partial charge in [-0.1, -0.05) is 64.1 Å². The van der Waals surface area contributed by atoms with E-state index in [0.29, 0.717) is 35.0 Å². The Morgan fingerprint density at radius 1 is 1.13 bits per heavy atom. The van der Waals surface area contributed by atoms with Crippen LogP contribution in [0.3, 0.4) is 0 Å². The summed E-state index contributed by atoms with van der Waals surface area (Å²) < 4.78 is 48.9. The van der Waals surface area contributed by atoms with Crippen LogP contribution in [0.25, 0.3) is 22.3 Å². The quantitative estimate of drug-likeness (QED) is 0.122. The number of alkyl carbamates (subject to hydrolysis) is 1.